The molecular formula is C19H16N6O4S2. The molecule has 0 aliphatic carbocycles. The molecule has 31 heavy (non-hydrogen) atoms. The normalized spacial score (nSPS) is 21.7. The van der Waals surface area contributed by atoms with Crippen LogP contribution in [0.4, 0.5) is 0 Å². The van der Waals surface area contributed by atoms with Crippen LogP contribution in [0.15, 0.2) is 45.3 Å². The number of amides is 1. The van der Waals surface area contributed by atoms with E-state index in [9.17, 15) is 4.79 Å². The molecule has 2 N–H and O–H groups in total. The minimum Gasteiger partial charge on any atom is -0.454 e. The van der Waals surface area contributed by atoms with Gasteiger partial charge in [-0.1, -0.05) is 23.0 Å². The van der Waals surface area contributed by atoms with E-state index in [4.69, 9.17) is 14.0 Å². The first-order valence-corrected chi connectivity index (χ1v) is 11.4. The highest BCUT2D eigenvalue weighted by Crippen LogP contribution is 2.36. The Hall–Kier alpha value is -3.09. The van der Waals surface area contributed by atoms with Gasteiger partial charge in [-0.3, -0.25) is 9.80 Å². The molecule has 6 rings (SSSR count). The van der Waals surface area contributed by atoms with Crippen LogP contribution >= 0.6 is 23.1 Å². The first-order chi connectivity index (χ1) is 15.2. The van der Waals surface area contributed by atoms with E-state index in [1.807, 2.05) is 34.7 Å². The number of nitrogens with zero attached hydrogens (tertiary/aromatic N) is 4. The zero-order valence-electron chi connectivity index (χ0n) is 16.0. The third kappa shape index (κ3) is 3.42. The SMILES string of the molecule is O=C1NN=C(SCc2nc(-c3ccc4c(c3)OCO4)no2)N2NC(c3cccs3)CC12. The van der Waals surface area contributed by atoms with Crippen molar-refractivity contribution in [2.75, 3.05) is 6.79 Å². The summed E-state index contributed by atoms with van der Waals surface area (Å²) in [5.41, 5.74) is 6.81. The number of carbonyl (C=O) groups is 1. The smallest absolute Gasteiger partial charge is 0.264 e. The van der Waals surface area contributed by atoms with E-state index < -0.39 is 0 Å². The molecule has 3 aliphatic rings. The lowest BCUT2D eigenvalue weighted by atomic mass is 10.1. The molecule has 1 saturated heterocycles. The van der Waals surface area contributed by atoms with Gasteiger partial charge < -0.3 is 14.0 Å². The molecular weight excluding hydrogens is 440 g/mol. The van der Waals surface area contributed by atoms with Gasteiger partial charge in [0, 0.05) is 16.9 Å². The second kappa shape index (κ2) is 7.55. The van der Waals surface area contributed by atoms with Crippen LogP contribution in [0.25, 0.3) is 11.4 Å². The predicted molar refractivity (Wildman–Crippen MR) is 113 cm³/mol. The van der Waals surface area contributed by atoms with Gasteiger partial charge in [0.15, 0.2) is 16.7 Å². The Bertz CT molecular complexity index is 1160. The Kier molecular flexibility index (Phi) is 4.55. The highest BCUT2D eigenvalue weighted by atomic mass is 32.2. The molecule has 0 bridgehead atoms. The highest BCUT2D eigenvalue weighted by Gasteiger charge is 2.42. The van der Waals surface area contributed by atoms with Crippen LogP contribution < -0.4 is 20.3 Å². The number of hydrazine groups is 1. The summed E-state index contributed by atoms with van der Waals surface area (Å²) in [4.78, 5) is 17.9. The molecule has 0 spiro atoms. The molecule has 1 amide bonds. The summed E-state index contributed by atoms with van der Waals surface area (Å²) < 4.78 is 16.1. The van der Waals surface area contributed by atoms with E-state index in [1.165, 1.54) is 16.6 Å². The van der Waals surface area contributed by atoms with Gasteiger partial charge in [-0.05, 0) is 29.6 Å². The number of hydrogen-bond donors (Lipinski definition) is 2. The monoisotopic (exact) mass is 456 g/mol. The van der Waals surface area contributed by atoms with E-state index in [1.54, 1.807) is 11.3 Å². The van der Waals surface area contributed by atoms with Crippen molar-refractivity contribution in [3.8, 4) is 22.9 Å². The van der Waals surface area contributed by atoms with Crippen molar-refractivity contribution in [2.45, 2.75) is 24.3 Å². The average Bonchev–Trinajstić information content (AvgIpc) is 3.59. The maximum Gasteiger partial charge on any atom is 0.264 e. The van der Waals surface area contributed by atoms with Crippen molar-refractivity contribution in [2.24, 2.45) is 5.10 Å². The number of ether oxygens (including phenoxy) is 2. The Morgan fingerprint density at radius 1 is 1.26 bits per heavy atom. The lowest BCUT2D eigenvalue weighted by Crippen LogP contribution is -2.52. The number of nitrogens with one attached hydrogen (secondary N) is 2. The number of benzene rings is 1. The van der Waals surface area contributed by atoms with Gasteiger partial charge in [0.1, 0.15) is 6.04 Å². The van der Waals surface area contributed by atoms with Gasteiger partial charge in [0.25, 0.3) is 5.91 Å². The molecule has 5 heterocycles. The minimum absolute atomic E-state index is 0.0839. The number of rotatable bonds is 4. The summed E-state index contributed by atoms with van der Waals surface area (Å²) >= 11 is 3.09. The summed E-state index contributed by atoms with van der Waals surface area (Å²) in [5.74, 6) is 2.61. The van der Waals surface area contributed by atoms with E-state index in [0.717, 1.165) is 5.56 Å². The van der Waals surface area contributed by atoms with Crippen LogP contribution in [0.1, 0.15) is 23.2 Å². The van der Waals surface area contributed by atoms with E-state index in [-0.39, 0.29) is 24.8 Å². The molecule has 0 saturated carbocycles. The topological polar surface area (TPSA) is 114 Å². The molecule has 1 aromatic carbocycles. The number of aromatic nitrogens is 2. The fourth-order valence-electron chi connectivity index (χ4n) is 3.65. The van der Waals surface area contributed by atoms with Crippen LogP contribution in [0.5, 0.6) is 11.5 Å². The van der Waals surface area contributed by atoms with Gasteiger partial charge in [0.05, 0.1) is 11.8 Å². The van der Waals surface area contributed by atoms with Crippen LogP contribution in [0, 0.1) is 0 Å². The third-order valence-corrected chi connectivity index (χ3v) is 7.07. The number of thioether (sulfide) groups is 1. The average molecular weight is 457 g/mol. The summed E-state index contributed by atoms with van der Waals surface area (Å²) in [5, 5.41) is 12.8. The summed E-state index contributed by atoms with van der Waals surface area (Å²) in [7, 11) is 0. The molecule has 158 valence electrons. The number of hydrogen-bond acceptors (Lipinski definition) is 11. The Balaban J connectivity index is 1.15. The third-order valence-electron chi connectivity index (χ3n) is 5.15. The molecule has 0 radical (unpaired) electrons. The van der Waals surface area contributed by atoms with Crippen molar-refractivity contribution >= 4 is 34.2 Å². The molecule has 10 nitrogen and oxygen atoms in total. The van der Waals surface area contributed by atoms with E-state index in [0.29, 0.717) is 40.6 Å². The van der Waals surface area contributed by atoms with Crippen molar-refractivity contribution in [3.63, 3.8) is 0 Å². The zero-order chi connectivity index (χ0) is 20.8. The fourth-order valence-corrected chi connectivity index (χ4v) is 5.23. The molecule has 2 unspecified atom stereocenters. The number of hydrazone groups is 1. The highest BCUT2D eigenvalue weighted by molar-refractivity contribution is 8.13. The second-order valence-corrected chi connectivity index (χ2v) is 8.98. The van der Waals surface area contributed by atoms with Crippen molar-refractivity contribution in [1.29, 1.82) is 0 Å². The van der Waals surface area contributed by atoms with E-state index in [2.05, 4.69) is 32.2 Å². The van der Waals surface area contributed by atoms with Crippen LogP contribution in [-0.2, 0) is 10.5 Å². The minimum atomic E-state index is -0.307. The Morgan fingerprint density at radius 3 is 3.10 bits per heavy atom. The van der Waals surface area contributed by atoms with Crippen LogP contribution in [-0.4, -0.2) is 39.1 Å². The lowest BCUT2D eigenvalue weighted by Gasteiger charge is -2.28. The predicted octanol–water partition coefficient (Wildman–Crippen LogP) is 2.48. The second-order valence-electron chi connectivity index (χ2n) is 7.06. The number of carbonyl (C=O) groups excluding carboxylic acids is 1. The molecule has 3 aromatic rings. The molecule has 12 heteroatoms. The maximum absolute atomic E-state index is 12.3. The lowest BCUT2D eigenvalue weighted by molar-refractivity contribution is -0.125. The van der Waals surface area contributed by atoms with E-state index >= 15 is 0 Å². The van der Waals surface area contributed by atoms with Gasteiger partial charge in [0.2, 0.25) is 18.5 Å². The zero-order valence-corrected chi connectivity index (χ0v) is 17.6. The van der Waals surface area contributed by atoms with Crippen LogP contribution in [0.2, 0.25) is 0 Å². The molecule has 2 aromatic heterocycles. The standard InChI is InChI=1S/C19H16N6O4S2/c26-18-12-7-11(15-2-1-5-30-15)23-25(12)19(22-21-18)31-8-16-20-17(24-29-16)10-3-4-13-14(6-10)28-9-27-13/h1-6,11-12,23H,7-9H2,(H,21,26). The fraction of sp³-hybridized carbons (Fsp3) is 0.263. The Morgan fingerprint density at radius 2 is 2.19 bits per heavy atom. The molecule has 2 atom stereocenters. The van der Waals surface area contributed by atoms with Crippen molar-refractivity contribution < 1.29 is 18.8 Å². The number of amidine groups is 1. The number of thiophene rings is 1. The van der Waals surface area contributed by atoms with Gasteiger partial charge in [-0.25, -0.2) is 10.9 Å². The van der Waals surface area contributed by atoms with Crippen molar-refractivity contribution in [3.05, 3.63) is 46.5 Å². The molecule has 1 fully saturated rings. The number of fused-ring (bicyclic) bond motifs is 2. The van der Waals surface area contributed by atoms with Gasteiger partial charge >= 0.3 is 0 Å². The largest absolute Gasteiger partial charge is 0.454 e. The first kappa shape index (κ1) is 18.7. The molecule has 3 aliphatic heterocycles. The van der Waals surface area contributed by atoms with Gasteiger partial charge in [-0.2, -0.15) is 4.98 Å². The van der Waals surface area contributed by atoms with Crippen molar-refractivity contribution in [1.82, 2.24) is 26.0 Å². The first-order valence-electron chi connectivity index (χ1n) is 9.56. The van der Waals surface area contributed by atoms with Gasteiger partial charge in [-0.15, -0.1) is 16.4 Å². The summed E-state index contributed by atoms with van der Waals surface area (Å²) in [6.45, 7) is 0.213. The summed E-state index contributed by atoms with van der Waals surface area (Å²) in [6.07, 6.45) is 0.681. The maximum atomic E-state index is 12.3. The Labute approximate surface area is 184 Å². The summed E-state index contributed by atoms with van der Waals surface area (Å²) in [6, 6.07) is 9.37. The van der Waals surface area contributed by atoms with Crippen LogP contribution in [0.3, 0.4) is 0 Å². The quantitative estimate of drug-likeness (QED) is 0.611.